The molecule has 0 atom stereocenters. The maximum absolute atomic E-state index is 5.75. The molecule has 1 aromatic carbocycles. The largest absolute Gasteiger partial charge is 0.493 e. The Bertz CT molecular complexity index is 334. The molecule has 3 heteroatoms. The Morgan fingerprint density at radius 2 is 2.20 bits per heavy atom. The third kappa shape index (κ3) is 3.13. The van der Waals surface area contributed by atoms with Crippen LogP contribution in [0.3, 0.4) is 0 Å². The predicted octanol–water partition coefficient (Wildman–Crippen LogP) is 3.78. The number of benzene rings is 1. The van der Waals surface area contributed by atoms with Crippen LogP contribution in [0, 0.1) is 0 Å². The summed E-state index contributed by atoms with van der Waals surface area (Å²) < 4.78 is 12.3. The van der Waals surface area contributed by atoms with Crippen LogP contribution in [0.2, 0.25) is 0 Å². The number of rotatable bonds is 5. The Labute approximate surface area is 98.7 Å². The fourth-order valence-corrected chi connectivity index (χ4v) is 1.59. The average molecular weight is 271 g/mol. The summed E-state index contributed by atoms with van der Waals surface area (Å²) in [5.74, 6) is 1.78. The lowest BCUT2D eigenvalue weighted by atomic mass is 10.3. The van der Waals surface area contributed by atoms with E-state index in [1.54, 1.807) is 0 Å². The van der Waals surface area contributed by atoms with E-state index >= 15 is 0 Å². The highest BCUT2D eigenvalue weighted by molar-refractivity contribution is 9.10. The standard InChI is InChI=1S/C12H15BrO2/c1-2-7-14-10-5-6-11(13)12(8-10)15-9-3-4-9/h5-6,8-9H,2-4,7H2,1H3. The second-order valence-electron chi connectivity index (χ2n) is 3.76. The second kappa shape index (κ2) is 4.88. The summed E-state index contributed by atoms with van der Waals surface area (Å²) in [5, 5.41) is 0. The van der Waals surface area contributed by atoms with Crippen molar-refractivity contribution in [1.29, 1.82) is 0 Å². The Morgan fingerprint density at radius 1 is 1.40 bits per heavy atom. The first-order chi connectivity index (χ1) is 7.29. The monoisotopic (exact) mass is 270 g/mol. The van der Waals surface area contributed by atoms with Gasteiger partial charge in [0.15, 0.2) is 0 Å². The molecule has 15 heavy (non-hydrogen) atoms. The lowest BCUT2D eigenvalue weighted by Gasteiger charge is -2.10. The molecule has 0 aromatic heterocycles. The van der Waals surface area contributed by atoms with Crippen LogP contribution >= 0.6 is 15.9 Å². The van der Waals surface area contributed by atoms with Gasteiger partial charge in [-0.3, -0.25) is 0 Å². The quantitative estimate of drug-likeness (QED) is 0.811. The number of hydrogen-bond acceptors (Lipinski definition) is 2. The van der Waals surface area contributed by atoms with Crippen molar-refractivity contribution < 1.29 is 9.47 Å². The first kappa shape index (κ1) is 10.8. The Kier molecular flexibility index (Phi) is 3.52. The summed E-state index contributed by atoms with van der Waals surface area (Å²) in [7, 11) is 0. The van der Waals surface area contributed by atoms with Gasteiger partial charge in [-0.15, -0.1) is 0 Å². The molecule has 2 nitrogen and oxygen atoms in total. The minimum Gasteiger partial charge on any atom is -0.493 e. The molecule has 0 N–H and O–H groups in total. The van der Waals surface area contributed by atoms with Crippen molar-refractivity contribution in [2.24, 2.45) is 0 Å². The van der Waals surface area contributed by atoms with Crippen LogP contribution < -0.4 is 9.47 Å². The first-order valence-electron chi connectivity index (χ1n) is 5.38. The molecule has 0 amide bonds. The Hall–Kier alpha value is -0.700. The van der Waals surface area contributed by atoms with Gasteiger partial charge in [-0.1, -0.05) is 6.92 Å². The van der Waals surface area contributed by atoms with Gasteiger partial charge in [-0.2, -0.15) is 0 Å². The number of ether oxygens (including phenoxy) is 2. The maximum Gasteiger partial charge on any atom is 0.137 e. The van der Waals surface area contributed by atoms with Crippen molar-refractivity contribution in [2.75, 3.05) is 6.61 Å². The van der Waals surface area contributed by atoms with Gasteiger partial charge in [0.05, 0.1) is 17.2 Å². The average Bonchev–Trinajstić information content (AvgIpc) is 3.03. The molecular weight excluding hydrogens is 256 g/mol. The third-order valence-corrected chi connectivity index (χ3v) is 2.85. The van der Waals surface area contributed by atoms with Crippen molar-refractivity contribution in [2.45, 2.75) is 32.3 Å². The topological polar surface area (TPSA) is 18.5 Å². The fraction of sp³-hybridized carbons (Fsp3) is 0.500. The summed E-state index contributed by atoms with van der Waals surface area (Å²) in [6.07, 6.45) is 3.79. The zero-order chi connectivity index (χ0) is 10.7. The summed E-state index contributed by atoms with van der Waals surface area (Å²) in [4.78, 5) is 0. The van der Waals surface area contributed by atoms with Gasteiger partial charge >= 0.3 is 0 Å². The summed E-state index contributed by atoms with van der Waals surface area (Å²) in [6.45, 7) is 2.85. The molecular formula is C12H15BrO2. The van der Waals surface area contributed by atoms with E-state index < -0.39 is 0 Å². The van der Waals surface area contributed by atoms with Gasteiger partial charge in [0, 0.05) is 6.07 Å². The highest BCUT2D eigenvalue weighted by Gasteiger charge is 2.24. The number of halogens is 1. The normalized spacial score (nSPS) is 15.1. The lowest BCUT2D eigenvalue weighted by molar-refractivity contribution is 0.291. The SMILES string of the molecule is CCCOc1ccc(Br)c(OC2CC2)c1. The van der Waals surface area contributed by atoms with Gasteiger partial charge in [-0.05, 0) is 47.3 Å². The van der Waals surface area contributed by atoms with E-state index in [-0.39, 0.29) is 0 Å². The smallest absolute Gasteiger partial charge is 0.137 e. The Morgan fingerprint density at radius 3 is 2.87 bits per heavy atom. The van der Waals surface area contributed by atoms with Crippen molar-refractivity contribution >= 4 is 15.9 Å². The zero-order valence-corrected chi connectivity index (χ0v) is 10.4. The van der Waals surface area contributed by atoms with Crippen LogP contribution in [0.25, 0.3) is 0 Å². The highest BCUT2D eigenvalue weighted by Crippen LogP contribution is 2.34. The van der Waals surface area contributed by atoms with E-state index in [4.69, 9.17) is 9.47 Å². The van der Waals surface area contributed by atoms with Gasteiger partial charge in [0.1, 0.15) is 11.5 Å². The van der Waals surface area contributed by atoms with Crippen LogP contribution in [0.15, 0.2) is 22.7 Å². The molecule has 0 bridgehead atoms. The summed E-state index contributed by atoms with van der Waals surface area (Å²) in [5.41, 5.74) is 0. The van der Waals surface area contributed by atoms with Crippen LogP contribution in [0.4, 0.5) is 0 Å². The molecule has 82 valence electrons. The lowest BCUT2D eigenvalue weighted by Crippen LogP contribution is -1.99. The molecule has 0 spiro atoms. The fourth-order valence-electron chi connectivity index (χ4n) is 1.25. The molecule has 0 unspecified atom stereocenters. The molecule has 1 aliphatic carbocycles. The van der Waals surface area contributed by atoms with Crippen molar-refractivity contribution in [3.63, 3.8) is 0 Å². The minimum absolute atomic E-state index is 0.419. The van der Waals surface area contributed by atoms with Crippen molar-refractivity contribution in [3.8, 4) is 11.5 Å². The molecule has 0 aliphatic heterocycles. The molecule has 1 aliphatic rings. The first-order valence-corrected chi connectivity index (χ1v) is 6.18. The van der Waals surface area contributed by atoms with Crippen LogP contribution in [0.5, 0.6) is 11.5 Å². The summed E-state index contributed by atoms with van der Waals surface area (Å²) in [6, 6.07) is 5.89. The highest BCUT2D eigenvalue weighted by atomic mass is 79.9. The Balaban J connectivity index is 2.05. The molecule has 1 fully saturated rings. The van der Waals surface area contributed by atoms with Gasteiger partial charge < -0.3 is 9.47 Å². The van der Waals surface area contributed by atoms with E-state index in [2.05, 4.69) is 22.9 Å². The summed E-state index contributed by atoms with van der Waals surface area (Å²) >= 11 is 3.47. The maximum atomic E-state index is 5.75. The van der Waals surface area contributed by atoms with Crippen LogP contribution in [-0.2, 0) is 0 Å². The molecule has 1 saturated carbocycles. The van der Waals surface area contributed by atoms with E-state index in [1.807, 2.05) is 18.2 Å². The third-order valence-electron chi connectivity index (χ3n) is 2.19. The second-order valence-corrected chi connectivity index (χ2v) is 4.61. The molecule has 1 aromatic rings. The van der Waals surface area contributed by atoms with E-state index in [1.165, 1.54) is 12.8 Å². The molecule has 0 heterocycles. The van der Waals surface area contributed by atoms with Crippen LogP contribution in [0.1, 0.15) is 26.2 Å². The molecule has 0 radical (unpaired) electrons. The van der Waals surface area contributed by atoms with Gasteiger partial charge in [0.25, 0.3) is 0 Å². The molecule has 2 rings (SSSR count). The van der Waals surface area contributed by atoms with E-state index in [0.29, 0.717) is 6.10 Å². The van der Waals surface area contributed by atoms with Crippen LogP contribution in [-0.4, -0.2) is 12.7 Å². The molecule has 0 saturated heterocycles. The van der Waals surface area contributed by atoms with Gasteiger partial charge in [-0.25, -0.2) is 0 Å². The van der Waals surface area contributed by atoms with Gasteiger partial charge in [0.2, 0.25) is 0 Å². The van der Waals surface area contributed by atoms with E-state index in [9.17, 15) is 0 Å². The predicted molar refractivity (Wildman–Crippen MR) is 63.6 cm³/mol. The number of hydrogen-bond donors (Lipinski definition) is 0. The van der Waals surface area contributed by atoms with Crippen molar-refractivity contribution in [1.82, 2.24) is 0 Å². The van der Waals surface area contributed by atoms with Crippen molar-refractivity contribution in [3.05, 3.63) is 22.7 Å². The van der Waals surface area contributed by atoms with E-state index in [0.717, 1.165) is 29.0 Å². The minimum atomic E-state index is 0.419. The zero-order valence-electron chi connectivity index (χ0n) is 8.83.